The number of methoxy groups -OCH3 is 1. The Kier molecular flexibility index (Phi) is 9.29. The normalized spacial score (nSPS) is 11.4. The van der Waals surface area contributed by atoms with Crippen molar-refractivity contribution in [3.8, 4) is 0 Å². The summed E-state index contributed by atoms with van der Waals surface area (Å²) in [6.45, 7) is 2.04. The zero-order valence-corrected chi connectivity index (χ0v) is 20.1. The molecule has 0 fully saturated rings. The predicted molar refractivity (Wildman–Crippen MR) is 136 cm³/mol. The molecule has 176 valence electrons. The highest BCUT2D eigenvalue weighted by Crippen LogP contribution is 2.37. The SMILES string of the molecule is CCCCC(=O)Nc1cccc(SC(C(=O)Nc2ccccc2C(=O)OC)c2ccccc2)c1. The summed E-state index contributed by atoms with van der Waals surface area (Å²) < 4.78 is 4.84. The summed E-state index contributed by atoms with van der Waals surface area (Å²) in [5.41, 5.74) is 2.18. The molecule has 0 saturated heterocycles. The van der Waals surface area contributed by atoms with Gasteiger partial charge in [-0.2, -0.15) is 0 Å². The number of esters is 1. The van der Waals surface area contributed by atoms with Crippen molar-refractivity contribution in [2.45, 2.75) is 36.3 Å². The molecule has 0 heterocycles. The van der Waals surface area contributed by atoms with Crippen LogP contribution in [0.25, 0.3) is 0 Å². The number of rotatable bonds is 10. The number of benzene rings is 3. The predicted octanol–water partition coefficient (Wildman–Crippen LogP) is 6.07. The van der Waals surface area contributed by atoms with Crippen molar-refractivity contribution in [1.82, 2.24) is 0 Å². The van der Waals surface area contributed by atoms with Crippen molar-refractivity contribution in [3.63, 3.8) is 0 Å². The zero-order chi connectivity index (χ0) is 24.3. The Hall–Kier alpha value is -3.58. The first-order chi connectivity index (χ1) is 16.5. The fourth-order valence-electron chi connectivity index (χ4n) is 3.32. The fraction of sp³-hybridized carbons (Fsp3) is 0.222. The number of anilines is 2. The highest BCUT2D eigenvalue weighted by molar-refractivity contribution is 8.00. The molecule has 3 aromatic carbocycles. The number of hydrogen-bond donors (Lipinski definition) is 2. The number of unbranched alkanes of at least 4 members (excludes halogenated alkanes) is 1. The van der Waals surface area contributed by atoms with E-state index in [1.165, 1.54) is 18.9 Å². The number of para-hydroxylation sites is 1. The molecule has 3 aromatic rings. The van der Waals surface area contributed by atoms with Crippen molar-refractivity contribution in [2.75, 3.05) is 17.7 Å². The van der Waals surface area contributed by atoms with Gasteiger partial charge in [0.05, 0.1) is 18.4 Å². The summed E-state index contributed by atoms with van der Waals surface area (Å²) in [6, 6.07) is 23.6. The van der Waals surface area contributed by atoms with Crippen LogP contribution in [0.5, 0.6) is 0 Å². The maximum atomic E-state index is 13.4. The van der Waals surface area contributed by atoms with E-state index in [9.17, 15) is 14.4 Å². The summed E-state index contributed by atoms with van der Waals surface area (Å²) >= 11 is 1.37. The molecule has 0 spiro atoms. The number of ether oxygens (including phenoxy) is 1. The summed E-state index contributed by atoms with van der Waals surface area (Å²) in [6.07, 6.45) is 2.27. The highest BCUT2D eigenvalue weighted by atomic mass is 32.2. The molecule has 34 heavy (non-hydrogen) atoms. The van der Waals surface area contributed by atoms with Gasteiger partial charge in [-0.3, -0.25) is 9.59 Å². The van der Waals surface area contributed by atoms with Crippen LogP contribution in [0.1, 0.15) is 47.4 Å². The van der Waals surface area contributed by atoms with E-state index >= 15 is 0 Å². The van der Waals surface area contributed by atoms with Gasteiger partial charge in [0, 0.05) is 17.0 Å². The molecule has 0 aliphatic rings. The second-order valence-corrected chi connectivity index (χ2v) is 8.79. The van der Waals surface area contributed by atoms with E-state index in [4.69, 9.17) is 4.74 Å². The van der Waals surface area contributed by atoms with Crippen LogP contribution in [-0.2, 0) is 14.3 Å². The Morgan fingerprint density at radius 3 is 2.38 bits per heavy atom. The molecule has 7 heteroatoms. The third kappa shape index (κ3) is 6.96. The lowest BCUT2D eigenvalue weighted by Crippen LogP contribution is -2.21. The Labute approximate surface area is 204 Å². The molecule has 3 rings (SSSR count). The number of carbonyl (C=O) groups excluding carboxylic acids is 3. The van der Waals surface area contributed by atoms with Gasteiger partial charge in [0.2, 0.25) is 11.8 Å². The molecule has 2 N–H and O–H groups in total. The number of carbonyl (C=O) groups is 3. The Bertz CT molecular complexity index is 1130. The molecule has 0 bridgehead atoms. The smallest absolute Gasteiger partial charge is 0.339 e. The van der Waals surface area contributed by atoms with E-state index in [0.29, 0.717) is 17.8 Å². The van der Waals surface area contributed by atoms with Crippen LogP contribution in [0, 0.1) is 0 Å². The molecule has 1 atom stereocenters. The molecule has 1 unspecified atom stereocenters. The van der Waals surface area contributed by atoms with E-state index in [-0.39, 0.29) is 17.4 Å². The molecule has 6 nitrogen and oxygen atoms in total. The van der Waals surface area contributed by atoms with Crippen molar-refractivity contribution in [1.29, 1.82) is 0 Å². The molecular weight excluding hydrogens is 448 g/mol. The average Bonchev–Trinajstić information content (AvgIpc) is 2.86. The quantitative estimate of drug-likeness (QED) is 0.274. The van der Waals surface area contributed by atoms with Gasteiger partial charge in [-0.15, -0.1) is 11.8 Å². The maximum absolute atomic E-state index is 13.4. The van der Waals surface area contributed by atoms with E-state index in [2.05, 4.69) is 10.6 Å². The van der Waals surface area contributed by atoms with Gasteiger partial charge in [-0.25, -0.2) is 4.79 Å². The lowest BCUT2D eigenvalue weighted by molar-refractivity contribution is -0.116. The van der Waals surface area contributed by atoms with Crippen LogP contribution in [0.4, 0.5) is 11.4 Å². The Morgan fingerprint density at radius 1 is 0.912 bits per heavy atom. The second kappa shape index (κ2) is 12.6. The largest absolute Gasteiger partial charge is 0.465 e. The van der Waals surface area contributed by atoms with Crippen molar-refractivity contribution < 1.29 is 19.1 Å². The van der Waals surface area contributed by atoms with E-state index in [1.54, 1.807) is 24.3 Å². The monoisotopic (exact) mass is 476 g/mol. The maximum Gasteiger partial charge on any atom is 0.339 e. The molecule has 0 aliphatic heterocycles. The molecule has 0 saturated carbocycles. The lowest BCUT2D eigenvalue weighted by Gasteiger charge is -2.18. The number of hydrogen-bond acceptors (Lipinski definition) is 5. The standard InChI is InChI=1S/C27H28N2O4S/c1-3-4-17-24(30)28-20-13-10-14-21(18-20)34-25(19-11-6-5-7-12-19)26(31)29-23-16-9-8-15-22(23)27(32)33-2/h5-16,18,25H,3-4,17H2,1-2H3,(H,28,30)(H,29,31). The number of thioether (sulfide) groups is 1. The van der Waals surface area contributed by atoms with Crippen molar-refractivity contribution >= 4 is 40.9 Å². The van der Waals surface area contributed by atoms with Gasteiger partial charge in [0.25, 0.3) is 0 Å². The van der Waals surface area contributed by atoms with E-state index in [0.717, 1.165) is 23.3 Å². The number of nitrogens with one attached hydrogen (secondary N) is 2. The molecule has 0 radical (unpaired) electrons. The molecular formula is C27H28N2O4S. The van der Waals surface area contributed by atoms with Gasteiger partial charge in [0.15, 0.2) is 0 Å². The summed E-state index contributed by atoms with van der Waals surface area (Å²) in [7, 11) is 1.30. The van der Waals surface area contributed by atoms with Crippen LogP contribution < -0.4 is 10.6 Å². The van der Waals surface area contributed by atoms with Gasteiger partial charge < -0.3 is 15.4 Å². The van der Waals surface area contributed by atoms with Gasteiger partial charge in [-0.05, 0) is 42.3 Å². The summed E-state index contributed by atoms with van der Waals surface area (Å²) in [4.78, 5) is 38.5. The lowest BCUT2D eigenvalue weighted by atomic mass is 10.1. The first-order valence-electron chi connectivity index (χ1n) is 11.1. The third-order valence-electron chi connectivity index (χ3n) is 5.06. The average molecular weight is 477 g/mol. The number of amides is 2. The first kappa shape index (κ1) is 25.1. The minimum atomic E-state index is -0.585. The van der Waals surface area contributed by atoms with E-state index in [1.807, 2.05) is 61.5 Å². The van der Waals surface area contributed by atoms with Crippen molar-refractivity contribution in [3.05, 3.63) is 90.0 Å². The highest BCUT2D eigenvalue weighted by Gasteiger charge is 2.24. The fourth-order valence-corrected chi connectivity index (χ4v) is 4.41. The molecule has 0 aliphatic carbocycles. The minimum absolute atomic E-state index is 0.0271. The van der Waals surface area contributed by atoms with Crippen LogP contribution in [0.2, 0.25) is 0 Å². The first-order valence-corrected chi connectivity index (χ1v) is 12.0. The molecule has 0 aromatic heterocycles. The third-order valence-corrected chi connectivity index (χ3v) is 6.31. The Balaban J connectivity index is 1.83. The summed E-state index contributed by atoms with van der Waals surface area (Å²) in [5, 5.41) is 5.22. The van der Waals surface area contributed by atoms with Crippen LogP contribution in [0.15, 0.2) is 83.8 Å². The van der Waals surface area contributed by atoms with Gasteiger partial charge in [0.1, 0.15) is 5.25 Å². The van der Waals surface area contributed by atoms with Crippen LogP contribution in [-0.4, -0.2) is 24.9 Å². The van der Waals surface area contributed by atoms with E-state index < -0.39 is 11.2 Å². The van der Waals surface area contributed by atoms with Crippen LogP contribution in [0.3, 0.4) is 0 Å². The zero-order valence-electron chi connectivity index (χ0n) is 19.2. The van der Waals surface area contributed by atoms with Crippen molar-refractivity contribution in [2.24, 2.45) is 0 Å². The Morgan fingerprint density at radius 2 is 1.65 bits per heavy atom. The van der Waals surface area contributed by atoms with Gasteiger partial charge in [-0.1, -0.05) is 61.9 Å². The molecule has 2 amide bonds. The van der Waals surface area contributed by atoms with Gasteiger partial charge >= 0.3 is 5.97 Å². The summed E-state index contributed by atoms with van der Waals surface area (Å²) in [5.74, 6) is -0.822. The topological polar surface area (TPSA) is 84.5 Å². The second-order valence-electron chi connectivity index (χ2n) is 7.61. The minimum Gasteiger partial charge on any atom is -0.465 e. The van der Waals surface area contributed by atoms with Crippen LogP contribution >= 0.6 is 11.8 Å².